The minimum Gasteiger partial charge on any atom is -0.486 e. The molecule has 0 bridgehead atoms. The normalized spacial score (nSPS) is 17.4. The molecule has 1 spiro atoms. The van der Waals surface area contributed by atoms with Crippen LogP contribution in [0.5, 0.6) is 5.75 Å². The van der Waals surface area contributed by atoms with Crippen molar-refractivity contribution in [3.63, 3.8) is 0 Å². The van der Waals surface area contributed by atoms with Crippen LogP contribution >= 0.6 is 11.6 Å². The largest absolute Gasteiger partial charge is 0.486 e. The number of hydrogen-bond acceptors (Lipinski definition) is 8. The number of fused-ring (bicyclic) bond motifs is 2. The molecular formula is C32H33ClFN7O4. The van der Waals surface area contributed by atoms with Crippen LogP contribution in [0.1, 0.15) is 74.8 Å². The molecule has 1 aliphatic heterocycles. The summed E-state index contributed by atoms with van der Waals surface area (Å²) in [5.74, 6) is -1.16. The van der Waals surface area contributed by atoms with Gasteiger partial charge in [-0.1, -0.05) is 13.8 Å². The molecule has 1 aliphatic carbocycles. The number of rotatable bonds is 4. The second kappa shape index (κ2) is 10.3. The van der Waals surface area contributed by atoms with Crippen molar-refractivity contribution in [2.45, 2.75) is 76.4 Å². The predicted molar refractivity (Wildman–Crippen MR) is 167 cm³/mol. The van der Waals surface area contributed by atoms with Gasteiger partial charge in [0.1, 0.15) is 34.4 Å². The minimum absolute atomic E-state index is 0.00176. The zero-order chi connectivity index (χ0) is 35.1. The maximum Gasteiger partial charge on any atom is 0.415 e. The smallest absolute Gasteiger partial charge is 0.415 e. The van der Waals surface area contributed by atoms with Crippen molar-refractivity contribution in [1.82, 2.24) is 25.0 Å². The second-order valence-electron chi connectivity index (χ2n) is 13.2. The van der Waals surface area contributed by atoms with E-state index in [1.54, 1.807) is 27.8 Å². The predicted octanol–water partition coefficient (Wildman–Crippen LogP) is 6.10. The Hall–Kier alpha value is -4.50. The third-order valence-electron chi connectivity index (χ3n) is 8.16. The first-order chi connectivity index (χ1) is 22.3. The Bertz CT molecular complexity index is 2110. The Morgan fingerprint density at radius 1 is 1.36 bits per heavy atom. The van der Waals surface area contributed by atoms with Gasteiger partial charge in [-0.2, -0.15) is 15.5 Å². The number of H-pyrrole nitrogens is 1. The number of carbonyl (C=O) groups is 1. The summed E-state index contributed by atoms with van der Waals surface area (Å²) < 4.78 is 54.3. The van der Waals surface area contributed by atoms with E-state index in [0.717, 1.165) is 12.8 Å². The molecule has 45 heavy (non-hydrogen) atoms. The number of aromatic nitrogens is 5. The van der Waals surface area contributed by atoms with Gasteiger partial charge in [0.05, 0.1) is 40.1 Å². The molecule has 1 N–H and O–H groups in total. The number of nitrogens with zero attached hydrogens (tertiary/aromatic N) is 6. The van der Waals surface area contributed by atoms with Gasteiger partial charge in [-0.15, -0.1) is 11.6 Å². The Balaban J connectivity index is 1.66. The summed E-state index contributed by atoms with van der Waals surface area (Å²) >= 11 is 6.20. The lowest BCUT2D eigenvalue weighted by atomic mass is 9.75. The molecule has 0 atom stereocenters. The number of halogens is 2. The minimum atomic E-state index is -3.17. The molecule has 0 unspecified atom stereocenters. The topological polar surface area (TPSA) is 139 Å². The van der Waals surface area contributed by atoms with Crippen molar-refractivity contribution in [3.8, 4) is 34.3 Å². The van der Waals surface area contributed by atoms with Gasteiger partial charge in [-0.25, -0.2) is 19.3 Å². The van der Waals surface area contributed by atoms with E-state index in [4.69, 9.17) is 25.2 Å². The monoisotopic (exact) mass is 636 g/mol. The van der Waals surface area contributed by atoms with Crippen molar-refractivity contribution in [1.29, 1.82) is 5.26 Å². The number of amides is 1. The summed E-state index contributed by atoms with van der Waals surface area (Å²) in [6, 6.07) is 4.98. The average Bonchev–Trinajstić information content (AvgIpc) is 3.59. The highest BCUT2D eigenvalue weighted by Gasteiger charge is 2.54. The fraction of sp³-hybridized carbons (Fsp3) is 0.438. The van der Waals surface area contributed by atoms with Crippen LogP contribution in [-0.2, 0) is 23.1 Å². The lowest BCUT2D eigenvalue weighted by Crippen LogP contribution is -2.36. The molecule has 1 amide bonds. The molecule has 0 saturated heterocycles. The van der Waals surface area contributed by atoms with Gasteiger partial charge in [0.15, 0.2) is 5.82 Å². The fourth-order valence-electron chi connectivity index (χ4n) is 6.09. The van der Waals surface area contributed by atoms with E-state index in [0.29, 0.717) is 22.6 Å². The third-order valence-corrected chi connectivity index (χ3v) is 8.41. The van der Waals surface area contributed by atoms with E-state index in [2.05, 4.69) is 26.3 Å². The van der Waals surface area contributed by atoms with E-state index in [1.165, 1.54) is 23.0 Å². The zero-order valence-corrected chi connectivity index (χ0v) is 26.4. The summed E-state index contributed by atoms with van der Waals surface area (Å²) in [5.41, 5.74) is -1.90. The van der Waals surface area contributed by atoms with Gasteiger partial charge in [-0.05, 0) is 57.6 Å². The van der Waals surface area contributed by atoms with Crippen molar-refractivity contribution in [3.05, 3.63) is 51.3 Å². The van der Waals surface area contributed by atoms with Crippen LogP contribution in [0.4, 0.5) is 15.0 Å². The number of hydrogen-bond donors (Lipinski definition) is 1. The SMILES string of the molecule is [2H]C([2H])([2H])N(C(=O)OC(C)(C)C)c1nc(-c2cnn(C)c2-c2c(F)cc3c(c2C#N)OC2(CC2)CC3(C)C)cc2c(CCl)n[nH]c(=O)c12. The lowest BCUT2D eigenvalue weighted by molar-refractivity contribution is 0.0588. The molecule has 13 heteroatoms. The quantitative estimate of drug-likeness (QED) is 0.265. The van der Waals surface area contributed by atoms with Crippen molar-refractivity contribution >= 4 is 34.3 Å². The average molecular weight is 637 g/mol. The highest BCUT2D eigenvalue weighted by molar-refractivity contribution is 6.18. The first-order valence-corrected chi connectivity index (χ1v) is 14.8. The standard InChI is InChI=1S/C32H33ClFN7O4/c1-30(2,3)45-29(43)40(6)27-24-16(22(12-33)38-39-28(24)42)10-21(37-27)18-14-36-41(7)25(18)23-17(13-35)26-19(11-20(23)34)31(4,5)15-32(44-26)8-9-32/h10-11,14H,8-9,12,15H2,1-7H3,(H,39,42)/i6D3. The molecule has 3 aromatic heterocycles. The van der Waals surface area contributed by atoms with Gasteiger partial charge in [-0.3, -0.25) is 14.4 Å². The highest BCUT2D eigenvalue weighted by atomic mass is 35.5. The zero-order valence-electron chi connectivity index (χ0n) is 28.6. The number of nitrogens with one attached hydrogen (secondary N) is 1. The summed E-state index contributed by atoms with van der Waals surface area (Å²) in [4.78, 5) is 31.6. The van der Waals surface area contributed by atoms with Crippen molar-refractivity contribution in [2.24, 2.45) is 7.05 Å². The summed E-state index contributed by atoms with van der Waals surface area (Å²) in [6.07, 6.45) is 2.41. The molecule has 4 heterocycles. The van der Waals surface area contributed by atoms with Crippen molar-refractivity contribution < 1.29 is 22.8 Å². The van der Waals surface area contributed by atoms with Crippen LogP contribution in [0.15, 0.2) is 23.1 Å². The maximum absolute atomic E-state index is 16.4. The molecule has 1 fully saturated rings. The molecule has 6 rings (SSSR count). The second-order valence-corrected chi connectivity index (χ2v) is 13.4. The van der Waals surface area contributed by atoms with Gasteiger partial charge in [0.25, 0.3) is 5.56 Å². The molecule has 4 aromatic rings. The van der Waals surface area contributed by atoms with Crippen LogP contribution in [-0.4, -0.2) is 49.2 Å². The Kier molecular flexibility index (Phi) is 6.13. The first-order valence-electron chi connectivity index (χ1n) is 15.8. The van der Waals surface area contributed by atoms with Crippen LogP contribution in [0.3, 0.4) is 0 Å². The number of anilines is 1. The molecule has 0 radical (unpaired) electrons. The van der Waals surface area contributed by atoms with Crippen LogP contribution in [0.25, 0.3) is 33.3 Å². The van der Waals surface area contributed by atoms with Gasteiger partial charge >= 0.3 is 6.09 Å². The maximum atomic E-state index is 16.4. The molecular weight excluding hydrogens is 601 g/mol. The highest BCUT2D eigenvalue weighted by Crippen LogP contribution is 2.57. The van der Waals surface area contributed by atoms with Crippen molar-refractivity contribution in [2.75, 3.05) is 11.9 Å². The number of alkyl halides is 1. The Morgan fingerprint density at radius 3 is 2.71 bits per heavy atom. The number of ether oxygens (including phenoxy) is 2. The van der Waals surface area contributed by atoms with Gasteiger partial charge < -0.3 is 9.47 Å². The first kappa shape index (κ1) is 26.9. The molecule has 11 nitrogen and oxygen atoms in total. The summed E-state index contributed by atoms with van der Waals surface area (Å²) in [5, 5.41) is 21.0. The molecule has 234 valence electrons. The molecule has 1 aromatic carbocycles. The lowest BCUT2D eigenvalue weighted by Gasteiger charge is -2.39. The number of nitriles is 1. The van der Waals surface area contributed by atoms with E-state index in [9.17, 15) is 14.9 Å². The van der Waals surface area contributed by atoms with Crippen LogP contribution in [0.2, 0.25) is 0 Å². The van der Waals surface area contributed by atoms with E-state index in [-0.39, 0.29) is 50.4 Å². The number of aromatic amines is 1. The molecule has 2 aliphatic rings. The Morgan fingerprint density at radius 2 is 2.09 bits per heavy atom. The number of pyridine rings is 1. The third kappa shape index (κ3) is 5.09. The van der Waals surface area contributed by atoms with Crippen LogP contribution in [0, 0.1) is 17.1 Å². The fourth-order valence-corrected chi connectivity index (χ4v) is 6.29. The van der Waals surface area contributed by atoms with E-state index >= 15 is 4.39 Å². The van der Waals surface area contributed by atoms with Crippen LogP contribution < -0.4 is 15.2 Å². The van der Waals surface area contributed by atoms with Gasteiger partial charge in [0, 0.05) is 34.6 Å². The Labute approximate surface area is 268 Å². The van der Waals surface area contributed by atoms with E-state index in [1.807, 2.05) is 13.8 Å². The van der Waals surface area contributed by atoms with Gasteiger partial charge in [0.2, 0.25) is 0 Å². The molecule has 1 saturated carbocycles. The summed E-state index contributed by atoms with van der Waals surface area (Å²) in [7, 11) is 1.56. The number of carbonyl (C=O) groups excluding carboxylic acids is 1. The van der Waals surface area contributed by atoms with E-state index < -0.39 is 46.9 Å². The summed E-state index contributed by atoms with van der Waals surface area (Å²) in [6.45, 7) is 5.50. The number of aryl methyl sites for hydroxylation is 1. The number of benzene rings is 1.